The first-order valence-corrected chi connectivity index (χ1v) is 15.6. The zero-order valence-corrected chi connectivity index (χ0v) is 23.6. The molecule has 5 aromatic rings. The number of amides is 1. The molecular weight excluding hydrogens is 619 g/mol. The number of carbonyl (C=O) groups is 1. The van der Waals surface area contributed by atoms with Crippen LogP contribution in [0.15, 0.2) is 89.8 Å². The van der Waals surface area contributed by atoms with Gasteiger partial charge in [-0.1, -0.05) is 41.7 Å². The van der Waals surface area contributed by atoms with Crippen LogP contribution in [0.3, 0.4) is 0 Å². The summed E-state index contributed by atoms with van der Waals surface area (Å²) in [6.45, 7) is 3.91. The predicted octanol–water partition coefficient (Wildman–Crippen LogP) is 2.86. The Bertz CT molecular complexity index is 1760. The largest absolute Gasteiger partial charge is 0.744 e. The van der Waals surface area contributed by atoms with Gasteiger partial charge in [0.25, 0.3) is 5.91 Å². The van der Waals surface area contributed by atoms with Crippen molar-refractivity contribution in [2.24, 2.45) is 0 Å². The zero-order chi connectivity index (χ0) is 26.2. The van der Waals surface area contributed by atoms with Gasteiger partial charge in [0.15, 0.2) is 12.3 Å². The molecule has 0 aliphatic rings. The Kier molecular flexibility index (Phi) is 7.13. The molecule has 0 atom stereocenters. The minimum absolute atomic E-state index is 0.207. The van der Waals surface area contributed by atoms with Gasteiger partial charge in [-0.25, -0.2) is 13.4 Å². The van der Waals surface area contributed by atoms with Crippen LogP contribution in [0.2, 0.25) is 0 Å². The molecule has 1 aromatic heterocycles. The SMILES string of the molecule is Cc1ccc2nc(NC(=O)c3cccc([I+]c4cccc(-c5cc(S(=O)(=O)[O-])ccc5C)c4)c3)sc2c1. The lowest BCUT2D eigenvalue weighted by Gasteiger charge is -2.11. The molecule has 0 bridgehead atoms. The molecular formula is C28H21IN2O4S2. The second kappa shape index (κ2) is 10.3. The molecule has 1 amide bonds. The van der Waals surface area contributed by atoms with Crippen molar-refractivity contribution in [3.05, 3.63) is 109 Å². The Hall–Kier alpha value is -3.12. The standard InChI is InChI=1S/C28H21IN2O4S2/c1-17-9-12-25-26(13-17)36-28(30-25)31-27(32)20-6-4-8-22(15-20)29-21-7-3-5-19(14-21)24-16-23(37(33,34)35)11-10-18(24)2/h3-16H,1-2H3,(H-,30,31,32,33,34,35). The Morgan fingerprint density at radius 2 is 1.68 bits per heavy atom. The number of thiazole rings is 1. The van der Waals surface area contributed by atoms with Gasteiger partial charge in [-0.2, -0.15) is 0 Å². The first-order valence-electron chi connectivity index (χ1n) is 11.3. The van der Waals surface area contributed by atoms with E-state index in [1.165, 1.54) is 23.5 Å². The monoisotopic (exact) mass is 640 g/mol. The third-order valence-electron chi connectivity index (χ3n) is 5.70. The summed E-state index contributed by atoms with van der Waals surface area (Å²) >= 11 is 0.834. The summed E-state index contributed by atoms with van der Waals surface area (Å²) in [5, 5.41) is 3.48. The molecule has 0 aliphatic heterocycles. The summed E-state index contributed by atoms with van der Waals surface area (Å²) in [7, 11) is -4.54. The van der Waals surface area contributed by atoms with E-state index < -0.39 is 31.3 Å². The van der Waals surface area contributed by atoms with Crippen LogP contribution in [0.5, 0.6) is 0 Å². The van der Waals surface area contributed by atoms with Gasteiger partial charge in [0.05, 0.1) is 15.1 Å². The molecule has 0 saturated carbocycles. The van der Waals surface area contributed by atoms with E-state index >= 15 is 0 Å². The zero-order valence-electron chi connectivity index (χ0n) is 19.9. The van der Waals surface area contributed by atoms with Crippen molar-refractivity contribution in [1.82, 2.24) is 4.98 Å². The highest BCUT2D eigenvalue weighted by Gasteiger charge is 2.20. The quantitative estimate of drug-likeness (QED) is 0.228. The first-order chi connectivity index (χ1) is 17.7. The van der Waals surface area contributed by atoms with E-state index in [0.29, 0.717) is 16.3 Å². The number of nitrogens with zero attached hydrogens (tertiary/aromatic N) is 1. The molecule has 0 unspecified atom stereocenters. The minimum atomic E-state index is -4.54. The van der Waals surface area contributed by atoms with Gasteiger partial charge in [-0.3, -0.25) is 10.1 Å². The number of benzene rings is 4. The van der Waals surface area contributed by atoms with Gasteiger partial charge in [0.1, 0.15) is 10.1 Å². The summed E-state index contributed by atoms with van der Waals surface area (Å²) in [6, 6.07) is 25.9. The molecule has 1 N–H and O–H groups in total. The Morgan fingerprint density at radius 3 is 2.46 bits per heavy atom. The van der Waals surface area contributed by atoms with E-state index in [-0.39, 0.29) is 10.8 Å². The number of rotatable bonds is 6. The Morgan fingerprint density at radius 1 is 0.919 bits per heavy atom. The third-order valence-corrected chi connectivity index (χ3v) is 10.1. The highest BCUT2D eigenvalue weighted by atomic mass is 127. The van der Waals surface area contributed by atoms with Crippen molar-refractivity contribution >= 4 is 42.7 Å². The molecule has 6 nitrogen and oxygen atoms in total. The van der Waals surface area contributed by atoms with Crippen molar-refractivity contribution in [3.63, 3.8) is 0 Å². The van der Waals surface area contributed by atoms with Crippen LogP contribution in [0, 0.1) is 21.0 Å². The highest BCUT2D eigenvalue weighted by molar-refractivity contribution is 7.85. The lowest BCUT2D eigenvalue weighted by Crippen LogP contribution is -3.61. The number of aryl methyl sites for hydroxylation is 2. The van der Waals surface area contributed by atoms with Crippen LogP contribution in [-0.4, -0.2) is 23.9 Å². The lowest BCUT2D eigenvalue weighted by molar-refractivity contribution is -0.597. The number of hydrogen-bond acceptors (Lipinski definition) is 6. The van der Waals surface area contributed by atoms with Crippen LogP contribution in [0.25, 0.3) is 21.3 Å². The molecule has 0 fully saturated rings. The maximum absolute atomic E-state index is 12.9. The number of aromatic nitrogens is 1. The fourth-order valence-electron chi connectivity index (χ4n) is 3.85. The summed E-state index contributed by atoms with van der Waals surface area (Å²) in [5.74, 6) is -0.207. The maximum atomic E-state index is 12.9. The molecule has 0 saturated heterocycles. The van der Waals surface area contributed by atoms with E-state index in [2.05, 4.69) is 16.4 Å². The van der Waals surface area contributed by atoms with Crippen molar-refractivity contribution in [2.75, 3.05) is 5.32 Å². The molecule has 4 aromatic carbocycles. The van der Waals surface area contributed by atoms with E-state index in [1.54, 1.807) is 12.1 Å². The van der Waals surface area contributed by atoms with Crippen molar-refractivity contribution in [1.29, 1.82) is 0 Å². The third kappa shape index (κ3) is 5.90. The molecule has 186 valence electrons. The highest BCUT2D eigenvalue weighted by Crippen LogP contribution is 2.27. The first kappa shape index (κ1) is 25.5. The van der Waals surface area contributed by atoms with Crippen LogP contribution >= 0.6 is 11.3 Å². The van der Waals surface area contributed by atoms with Gasteiger partial charge in [-0.05, 0) is 84.6 Å². The predicted molar refractivity (Wildman–Crippen MR) is 141 cm³/mol. The minimum Gasteiger partial charge on any atom is -0.744 e. The Labute approximate surface area is 229 Å². The van der Waals surface area contributed by atoms with Gasteiger partial charge < -0.3 is 4.55 Å². The number of anilines is 1. The number of halogens is 1. The van der Waals surface area contributed by atoms with Crippen LogP contribution in [0.1, 0.15) is 21.5 Å². The molecule has 9 heteroatoms. The molecule has 0 radical (unpaired) electrons. The second-order valence-electron chi connectivity index (χ2n) is 8.49. The van der Waals surface area contributed by atoms with E-state index in [9.17, 15) is 17.8 Å². The van der Waals surface area contributed by atoms with Crippen LogP contribution < -0.4 is 26.5 Å². The lowest BCUT2D eigenvalue weighted by atomic mass is 10.0. The topological polar surface area (TPSA) is 99.2 Å². The average Bonchev–Trinajstić information content (AvgIpc) is 3.25. The molecule has 0 aliphatic carbocycles. The molecule has 0 spiro atoms. The number of carbonyl (C=O) groups excluding carboxylic acids is 1. The molecule has 5 rings (SSSR count). The fourth-order valence-corrected chi connectivity index (χ4v) is 7.78. The normalized spacial score (nSPS) is 11.5. The number of fused-ring (bicyclic) bond motifs is 1. The number of nitrogens with one attached hydrogen (secondary N) is 1. The average molecular weight is 641 g/mol. The second-order valence-corrected chi connectivity index (χ2v) is 13.9. The van der Waals surface area contributed by atoms with Gasteiger partial charge in [-0.15, -0.1) is 0 Å². The smallest absolute Gasteiger partial charge is 0.357 e. The van der Waals surface area contributed by atoms with Crippen molar-refractivity contribution in [2.45, 2.75) is 18.7 Å². The summed E-state index contributed by atoms with van der Waals surface area (Å²) in [6.07, 6.45) is 0. The molecule has 37 heavy (non-hydrogen) atoms. The fraction of sp³-hybridized carbons (Fsp3) is 0.0714. The Balaban J connectivity index is 1.36. The molecule has 1 heterocycles. The van der Waals surface area contributed by atoms with E-state index in [0.717, 1.165) is 34.0 Å². The maximum Gasteiger partial charge on any atom is 0.357 e. The van der Waals surface area contributed by atoms with E-state index in [1.807, 2.05) is 68.4 Å². The van der Waals surface area contributed by atoms with Gasteiger partial charge >= 0.3 is 21.2 Å². The summed E-state index contributed by atoms with van der Waals surface area (Å²) in [4.78, 5) is 17.2. The van der Waals surface area contributed by atoms with Crippen LogP contribution in [-0.2, 0) is 10.1 Å². The van der Waals surface area contributed by atoms with Crippen molar-refractivity contribution < 1.29 is 39.0 Å². The summed E-state index contributed by atoms with van der Waals surface area (Å²) in [5.41, 5.74) is 5.01. The number of hydrogen-bond donors (Lipinski definition) is 1. The summed E-state index contributed by atoms with van der Waals surface area (Å²) < 4.78 is 37.7. The van der Waals surface area contributed by atoms with Gasteiger partial charge in [0.2, 0.25) is 0 Å². The van der Waals surface area contributed by atoms with Crippen LogP contribution in [0.4, 0.5) is 5.13 Å². The van der Waals surface area contributed by atoms with Crippen molar-refractivity contribution in [3.8, 4) is 11.1 Å². The van der Waals surface area contributed by atoms with E-state index in [4.69, 9.17) is 0 Å². The van der Waals surface area contributed by atoms with Gasteiger partial charge in [0, 0.05) is 11.6 Å².